The maximum atomic E-state index is 12.6. The van der Waals surface area contributed by atoms with Gasteiger partial charge >= 0.3 is 18.0 Å². The summed E-state index contributed by atoms with van der Waals surface area (Å²) in [5, 5.41) is 6.02. The monoisotopic (exact) mass is 588 g/mol. The van der Waals surface area contributed by atoms with Crippen molar-refractivity contribution in [1.82, 2.24) is 10.6 Å². The molecule has 0 unspecified atom stereocenters. The second-order valence-corrected chi connectivity index (χ2v) is 11.8. The van der Waals surface area contributed by atoms with E-state index in [1.165, 1.54) is 0 Å². The van der Waals surface area contributed by atoms with E-state index in [1.807, 2.05) is 12.1 Å². The number of benzene rings is 2. The fourth-order valence-corrected chi connectivity index (χ4v) is 3.83. The van der Waals surface area contributed by atoms with E-state index in [-0.39, 0.29) is 12.5 Å². The van der Waals surface area contributed by atoms with E-state index in [0.717, 1.165) is 5.56 Å². The Morgan fingerprint density at radius 3 is 2.10 bits per heavy atom. The minimum absolute atomic E-state index is 0.0774. The van der Waals surface area contributed by atoms with Gasteiger partial charge in [-0.25, -0.2) is 9.59 Å². The molecule has 2 N–H and O–H groups in total. The van der Waals surface area contributed by atoms with Crippen LogP contribution in [-0.2, 0) is 30.2 Å². The van der Waals surface area contributed by atoms with Gasteiger partial charge in [0.2, 0.25) is 6.79 Å². The molecule has 2 aromatic carbocycles. The minimum atomic E-state index is -1.35. The van der Waals surface area contributed by atoms with Crippen molar-refractivity contribution in [2.24, 2.45) is 5.41 Å². The summed E-state index contributed by atoms with van der Waals surface area (Å²) < 4.78 is 21.3. The molecule has 0 spiro atoms. The fourth-order valence-electron chi connectivity index (χ4n) is 3.71. The van der Waals surface area contributed by atoms with E-state index in [0.29, 0.717) is 42.1 Å². The van der Waals surface area contributed by atoms with Gasteiger partial charge in [-0.3, -0.25) is 9.59 Å². The molecule has 0 aromatic heterocycles. The molecule has 1 aliphatic carbocycles. The van der Waals surface area contributed by atoms with Crippen LogP contribution < -0.4 is 15.4 Å². The first-order valence-corrected chi connectivity index (χ1v) is 13.7. The van der Waals surface area contributed by atoms with Crippen LogP contribution in [0.3, 0.4) is 0 Å². The number of alkyl carbamates (subject to hydrolysis) is 1. The van der Waals surface area contributed by atoms with Crippen molar-refractivity contribution in [3.05, 3.63) is 64.7 Å². The molecule has 2 amide bonds. The van der Waals surface area contributed by atoms with Crippen LogP contribution in [-0.4, -0.2) is 55.0 Å². The Morgan fingerprint density at radius 1 is 0.878 bits per heavy atom. The Kier molecular flexibility index (Phi) is 10.3. The molecule has 1 saturated carbocycles. The molecule has 0 saturated heterocycles. The van der Waals surface area contributed by atoms with Crippen LogP contribution in [0.1, 0.15) is 63.4 Å². The quantitative estimate of drug-likeness (QED) is 0.267. The molecule has 1 aliphatic rings. The van der Waals surface area contributed by atoms with Gasteiger partial charge in [-0.15, -0.1) is 0 Å². The van der Waals surface area contributed by atoms with Crippen molar-refractivity contribution < 1.29 is 38.1 Å². The van der Waals surface area contributed by atoms with Gasteiger partial charge in [0.25, 0.3) is 5.91 Å². The zero-order valence-corrected chi connectivity index (χ0v) is 24.8. The zero-order chi connectivity index (χ0) is 30.3. The molecule has 0 heterocycles. The number of hydrogen-bond donors (Lipinski definition) is 2. The molecular formula is C30H37ClN2O8. The minimum Gasteiger partial charge on any atom is -0.476 e. The number of amides is 2. The normalized spacial score (nSPS) is 13.9. The van der Waals surface area contributed by atoms with Crippen molar-refractivity contribution in [2.45, 2.75) is 65.1 Å². The summed E-state index contributed by atoms with van der Waals surface area (Å²) >= 11 is 5.85. The third-order valence-electron chi connectivity index (χ3n) is 6.23. The molecule has 222 valence electrons. The maximum Gasteiger partial charge on any atom is 0.407 e. The van der Waals surface area contributed by atoms with E-state index in [9.17, 15) is 19.2 Å². The van der Waals surface area contributed by atoms with Crippen LogP contribution in [0.25, 0.3) is 0 Å². The molecule has 2 aromatic rings. The highest BCUT2D eigenvalue weighted by Gasteiger charge is 2.52. The highest BCUT2D eigenvalue weighted by molar-refractivity contribution is 6.30. The maximum absolute atomic E-state index is 12.6. The third kappa shape index (κ3) is 9.97. The summed E-state index contributed by atoms with van der Waals surface area (Å²) in [5.74, 6) is -1.00. The lowest BCUT2D eigenvalue weighted by molar-refractivity contribution is -0.180. The summed E-state index contributed by atoms with van der Waals surface area (Å²) in [6.07, 6.45) is 1.09. The number of ether oxygens (including phenoxy) is 4. The Labute approximate surface area is 245 Å². The summed E-state index contributed by atoms with van der Waals surface area (Å²) in [4.78, 5) is 49.2. The Hall–Kier alpha value is -3.79. The molecule has 41 heavy (non-hydrogen) atoms. The Morgan fingerprint density at radius 2 is 1.51 bits per heavy atom. The highest BCUT2D eigenvalue weighted by Crippen LogP contribution is 2.46. The molecule has 0 radical (unpaired) electrons. The predicted molar refractivity (Wildman–Crippen MR) is 152 cm³/mol. The number of carbonyl (C=O) groups excluding carboxylic acids is 4. The molecule has 0 aliphatic heterocycles. The topological polar surface area (TPSA) is 129 Å². The van der Waals surface area contributed by atoms with Crippen LogP contribution in [0.2, 0.25) is 5.02 Å². The van der Waals surface area contributed by atoms with Crippen molar-refractivity contribution >= 4 is 35.5 Å². The van der Waals surface area contributed by atoms with E-state index in [1.54, 1.807) is 71.0 Å². The first kappa shape index (κ1) is 31.7. The van der Waals surface area contributed by atoms with Crippen LogP contribution in [0, 0.1) is 5.41 Å². The molecule has 3 rings (SSSR count). The van der Waals surface area contributed by atoms with E-state index in [2.05, 4.69) is 10.6 Å². The van der Waals surface area contributed by atoms with E-state index >= 15 is 0 Å². The van der Waals surface area contributed by atoms with Crippen molar-refractivity contribution in [1.29, 1.82) is 0 Å². The molecule has 0 atom stereocenters. The van der Waals surface area contributed by atoms with Gasteiger partial charge in [0.05, 0.1) is 5.41 Å². The van der Waals surface area contributed by atoms with Gasteiger partial charge in [0.1, 0.15) is 11.4 Å². The Bertz CT molecular complexity index is 1230. The standard InChI is InChI=1S/C30H37ClN2O8/c1-28(2,3)41-27(37)33-18-30(15-16-30)26(36)39-19-38-25(35)29(4,5)40-23-12-6-20(7-13-23)14-17-32-24(34)21-8-10-22(31)11-9-21/h6-13H,14-19H2,1-5H3,(H,32,34)(H,33,37). The number of esters is 2. The molecule has 11 heteroatoms. The van der Waals surface area contributed by atoms with Gasteiger partial charge in [0.15, 0.2) is 5.60 Å². The number of hydrogen-bond acceptors (Lipinski definition) is 8. The summed E-state index contributed by atoms with van der Waals surface area (Å²) in [7, 11) is 0. The second-order valence-electron chi connectivity index (χ2n) is 11.4. The molecule has 1 fully saturated rings. The number of rotatable bonds is 12. The highest BCUT2D eigenvalue weighted by atomic mass is 35.5. The van der Waals surface area contributed by atoms with Gasteiger partial charge in [-0.2, -0.15) is 0 Å². The van der Waals surface area contributed by atoms with Crippen LogP contribution in [0.15, 0.2) is 48.5 Å². The lowest BCUT2D eigenvalue weighted by atomic mass is 10.1. The largest absolute Gasteiger partial charge is 0.476 e. The van der Waals surface area contributed by atoms with Crippen LogP contribution in [0.4, 0.5) is 4.79 Å². The first-order valence-electron chi connectivity index (χ1n) is 13.3. The SMILES string of the molecule is CC(C)(C)OC(=O)NCC1(C(=O)OCOC(=O)C(C)(C)Oc2ccc(CCNC(=O)c3ccc(Cl)cc3)cc2)CC1. The van der Waals surface area contributed by atoms with E-state index in [4.69, 9.17) is 30.5 Å². The van der Waals surface area contributed by atoms with Crippen molar-refractivity contribution in [3.8, 4) is 5.75 Å². The van der Waals surface area contributed by atoms with Crippen LogP contribution >= 0.6 is 11.6 Å². The number of carbonyl (C=O) groups is 4. The fraction of sp³-hybridized carbons (Fsp3) is 0.467. The number of nitrogens with one attached hydrogen (secondary N) is 2. The lowest BCUT2D eigenvalue weighted by Crippen LogP contribution is -2.41. The summed E-state index contributed by atoms with van der Waals surface area (Å²) in [6, 6.07) is 13.8. The average Bonchev–Trinajstić information content (AvgIpc) is 3.69. The smallest absolute Gasteiger partial charge is 0.407 e. The second kappa shape index (κ2) is 13.2. The van der Waals surface area contributed by atoms with Crippen molar-refractivity contribution in [2.75, 3.05) is 19.9 Å². The summed E-state index contributed by atoms with van der Waals surface area (Å²) in [6.45, 7) is 8.28. The zero-order valence-electron chi connectivity index (χ0n) is 24.0. The van der Waals surface area contributed by atoms with Crippen LogP contribution in [0.5, 0.6) is 5.75 Å². The van der Waals surface area contributed by atoms with Gasteiger partial charge in [0, 0.05) is 23.7 Å². The van der Waals surface area contributed by atoms with Gasteiger partial charge in [-0.1, -0.05) is 23.7 Å². The molecular weight excluding hydrogens is 552 g/mol. The molecule has 10 nitrogen and oxygen atoms in total. The lowest BCUT2D eigenvalue weighted by Gasteiger charge is -2.24. The van der Waals surface area contributed by atoms with Gasteiger partial charge in [-0.05, 0) is 95.8 Å². The Balaban J connectivity index is 1.38. The molecule has 0 bridgehead atoms. The van der Waals surface area contributed by atoms with Crippen molar-refractivity contribution in [3.63, 3.8) is 0 Å². The first-order chi connectivity index (χ1) is 19.2. The summed E-state index contributed by atoms with van der Waals surface area (Å²) in [5.41, 5.74) is -1.34. The number of halogens is 1. The average molecular weight is 589 g/mol. The van der Waals surface area contributed by atoms with Gasteiger partial charge < -0.3 is 29.6 Å². The van der Waals surface area contributed by atoms with E-state index < -0.39 is 41.4 Å². The third-order valence-corrected chi connectivity index (χ3v) is 6.48. The predicted octanol–water partition coefficient (Wildman–Crippen LogP) is 4.82.